The Morgan fingerprint density at radius 2 is 2.14 bits per heavy atom. The van der Waals surface area contributed by atoms with Gasteiger partial charge in [-0.05, 0) is 44.1 Å². The summed E-state index contributed by atoms with van der Waals surface area (Å²) in [5.74, 6) is -0.277. The number of rotatable bonds is 4. The van der Waals surface area contributed by atoms with Crippen molar-refractivity contribution in [1.29, 1.82) is 0 Å². The molecular formula is C17H18ClFN2O. The van der Waals surface area contributed by atoms with E-state index in [2.05, 4.69) is 10.3 Å². The fraction of sp³-hybridized carbons (Fsp3) is 0.353. The van der Waals surface area contributed by atoms with Crippen molar-refractivity contribution in [3.8, 4) is 5.88 Å². The highest BCUT2D eigenvalue weighted by Gasteiger charge is 2.16. The van der Waals surface area contributed by atoms with E-state index in [1.165, 1.54) is 12.1 Å². The van der Waals surface area contributed by atoms with Crippen LogP contribution in [0, 0.1) is 5.82 Å². The SMILES string of the molecule is [2H]C([2H])(Oc1cccc(C2CCNCC2)n1)c1ccc(Cl)cc1F. The molecule has 1 aromatic heterocycles. The average Bonchev–Trinajstić information content (AvgIpc) is 2.55. The van der Waals surface area contributed by atoms with E-state index in [9.17, 15) is 4.39 Å². The molecule has 1 fully saturated rings. The fourth-order valence-corrected chi connectivity index (χ4v) is 2.67. The molecule has 0 aliphatic carbocycles. The van der Waals surface area contributed by atoms with Crippen LogP contribution in [-0.4, -0.2) is 18.1 Å². The van der Waals surface area contributed by atoms with Gasteiger partial charge in [0.25, 0.3) is 0 Å². The zero-order valence-corrected chi connectivity index (χ0v) is 12.7. The van der Waals surface area contributed by atoms with Crippen molar-refractivity contribution in [2.24, 2.45) is 0 Å². The highest BCUT2D eigenvalue weighted by atomic mass is 35.5. The molecule has 116 valence electrons. The van der Waals surface area contributed by atoms with Gasteiger partial charge in [-0.15, -0.1) is 0 Å². The Balaban J connectivity index is 1.81. The van der Waals surface area contributed by atoms with Gasteiger partial charge in [0.05, 0.1) is 2.74 Å². The van der Waals surface area contributed by atoms with E-state index >= 15 is 0 Å². The summed E-state index contributed by atoms with van der Waals surface area (Å²) in [5, 5.41) is 3.50. The maximum atomic E-state index is 14.0. The van der Waals surface area contributed by atoms with Crippen LogP contribution in [0.1, 0.15) is 32.8 Å². The molecule has 1 N–H and O–H groups in total. The summed E-state index contributed by atoms with van der Waals surface area (Å²) in [5.41, 5.74) is 0.669. The van der Waals surface area contributed by atoms with Crippen LogP contribution in [-0.2, 0) is 6.56 Å². The third-order valence-corrected chi connectivity index (χ3v) is 3.93. The first-order valence-electron chi connectivity index (χ1n) is 8.28. The maximum absolute atomic E-state index is 14.0. The second-order valence-electron chi connectivity index (χ2n) is 5.25. The van der Waals surface area contributed by atoms with Crippen LogP contribution in [0.25, 0.3) is 0 Å². The first-order valence-corrected chi connectivity index (χ1v) is 7.66. The molecule has 1 aromatic carbocycles. The van der Waals surface area contributed by atoms with Crippen LogP contribution in [0.4, 0.5) is 4.39 Å². The molecule has 0 amide bonds. The lowest BCUT2D eigenvalue weighted by Crippen LogP contribution is -2.27. The van der Waals surface area contributed by atoms with Crippen LogP contribution < -0.4 is 10.1 Å². The van der Waals surface area contributed by atoms with Gasteiger partial charge in [0, 0.05) is 28.3 Å². The monoisotopic (exact) mass is 322 g/mol. The van der Waals surface area contributed by atoms with Crippen molar-refractivity contribution in [3.05, 3.63) is 58.5 Å². The Labute approximate surface area is 137 Å². The standard InChI is InChI=1S/C17H18ClFN2O/c18-14-5-4-13(15(19)10-14)11-22-17-3-1-2-16(21-17)12-6-8-20-9-7-12/h1-5,10,12,20H,6-9,11H2/i11D2. The summed E-state index contributed by atoms with van der Waals surface area (Å²) in [6, 6.07) is 9.07. The molecule has 1 saturated heterocycles. The lowest BCUT2D eigenvalue weighted by molar-refractivity contribution is 0.286. The van der Waals surface area contributed by atoms with Gasteiger partial charge in [0.1, 0.15) is 12.4 Å². The zero-order chi connectivity index (χ0) is 17.2. The van der Waals surface area contributed by atoms with Crippen LogP contribution in [0.5, 0.6) is 5.88 Å². The molecule has 1 aliphatic heterocycles. The number of hydrogen-bond acceptors (Lipinski definition) is 3. The zero-order valence-electron chi connectivity index (χ0n) is 14.0. The van der Waals surface area contributed by atoms with Crippen LogP contribution in [0.3, 0.4) is 0 Å². The number of nitrogens with zero attached hydrogens (tertiary/aromatic N) is 1. The van der Waals surface area contributed by atoms with E-state index in [-0.39, 0.29) is 16.5 Å². The summed E-state index contributed by atoms with van der Waals surface area (Å²) < 4.78 is 35.4. The summed E-state index contributed by atoms with van der Waals surface area (Å²) in [6.45, 7) is -0.461. The Hall–Kier alpha value is -1.65. The van der Waals surface area contributed by atoms with Gasteiger partial charge in [-0.2, -0.15) is 0 Å². The minimum Gasteiger partial charge on any atom is -0.473 e. The number of ether oxygens (including phenoxy) is 1. The molecule has 0 atom stereocenters. The topological polar surface area (TPSA) is 34.1 Å². The first kappa shape index (κ1) is 12.9. The van der Waals surface area contributed by atoms with E-state index in [0.29, 0.717) is 5.92 Å². The van der Waals surface area contributed by atoms with Crippen molar-refractivity contribution in [2.75, 3.05) is 13.1 Å². The molecule has 0 radical (unpaired) electrons. The molecule has 3 rings (SSSR count). The lowest BCUT2D eigenvalue weighted by atomic mass is 9.94. The molecule has 0 saturated carbocycles. The van der Waals surface area contributed by atoms with Crippen LogP contribution in [0.15, 0.2) is 36.4 Å². The van der Waals surface area contributed by atoms with Crippen molar-refractivity contribution >= 4 is 11.6 Å². The second-order valence-corrected chi connectivity index (χ2v) is 5.69. The summed E-state index contributed by atoms with van der Waals surface area (Å²) in [7, 11) is 0. The molecule has 5 heteroatoms. The van der Waals surface area contributed by atoms with Gasteiger partial charge in [-0.3, -0.25) is 0 Å². The van der Waals surface area contributed by atoms with E-state index in [1.807, 2.05) is 6.07 Å². The molecule has 2 heterocycles. The Kier molecular flexibility index (Phi) is 4.13. The number of piperidine rings is 1. The van der Waals surface area contributed by atoms with Crippen molar-refractivity contribution in [1.82, 2.24) is 10.3 Å². The van der Waals surface area contributed by atoms with E-state index < -0.39 is 12.4 Å². The molecule has 0 unspecified atom stereocenters. The molecule has 0 spiro atoms. The minimum atomic E-state index is -2.34. The van der Waals surface area contributed by atoms with E-state index in [0.717, 1.165) is 37.7 Å². The smallest absolute Gasteiger partial charge is 0.213 e. The van der Waals surface area contributed by atoms with Crippen molar-refractivity contribution in [2.45, 2.75) is 25.3 Å². The number of nitrogens with one attached hydrogen (secondary N) is 1. The van der Waals surface area contributed by atoms with Gasteiger partial charge in [-0.25, -0.2) is 9.37 Å². The minimum absolute atomic E-state index is 0.144. The molecular weight excluding hydrogens is 303 g/mol. The van der Waals surface area contributed by atoms with Gasteiger partial charge in [0.2, 0.25) is 5.88 Å². The molecule has 22 heavy (non-hydrogen) atoms. The first-order chi connectivity index (χ1) is 11.5. The quantitative estimate of drug-likeness (QED) is 0.926. The van der Waals surface area contributed by atoms with Crippen molar-refractivity contribution < 1.29 is 11.9 Å². The van der Waals surface area contributed by atoms with Gasteiger partial charge >= 0.3 is 0 Å². The average molecular weight is 323 g/mol. The summed E-state index contributed by atoms with van der Waals surface area (Å²) in [4.78, 5) is 4.42. The number of halogens is 2. The molecule has 3 nitrogen and oxygen atoms in total. The summed E-state index contributed by atoms with van der Waals surface area (Å²) in [6.07, 6.45) is 1.96. The normalized spacial score (nSPS) is 17.7. The predicted molar refractivity (Wildman–Crippen MR) is 84.8 cm³/mol. The number of hydrogen-bond donors (Lipinski definition) is 1. The van der Waals surface area contributed by atoms with Crippen LogP contribution >= 0.6 is 11.6 Å². The van der Waals surface area contributed by atoms with Gasteiger partial charge < -0.3 is 10.1 Å². The van der Waals surface area contributed by atoms with E-state index in [4.69, 9.17) is 19.1 Å². The molecule has 0 bridgehead atoms. The fourth-order valence-electron chi connectivity index (χ4n) is 2.51. The third-order valence-electron chi connectivity index (χ3n) is 3.70. The maximum Gasteiger partial charge on any atom is 0.213 e. The predicted octanol–water partition coefficient (Wildman–Crippen LogP) is 3.92. The lowest BCUT2D eigenvalue weighted by Gasteiger charge is -2.22. The second kappa shape index (κ2) is 7.07. The largest absolute Gasteiger partial charge is 0.473 e. The van der Waals surface area contributed by atoms with Gasteiger partial charge in [-0.1, -0.05) is 23.7 Å². The summed E-state index contributed by atoms with van der Waals surface area (Å²) >= 11 is 5.71. The van der Waals surface area contributed by atoms with Crippen molar-refractivity contribution in [3.63, 3.8) is 0 Å². The Morgan fingerprint density at radius 3 is 2.91 bits per heavy atom. The number of pyridine rings is 1. The highest BCUT2D eigenvalue weighted by Crippen LogP contribution is 2.25. The number of benzene rings is 1. The third kappa shape index (κ3) is 3.76. The Morgan fingerprint density at radius 1 is 1.32 bits per heavy atom. The van der Waals surface area contributed by atoms with E-state index in [1.54, 1.807) is 12.1 Å². The van der Waals surface area contributed by atoms with Crippen LogP contribution in [0.2, 0.25) is 5.02 Å². The highest BCUT2D eigenvalue weighted by molar-refractivity contribution is 6.30. The Bertz CT molecular complexity index is 723. The number of aromatic nitrogens is 1. The molecule has 1 aliphatic rings. The van der Waals surface area contributed by atoms with Gasteiger partial charge in [0.15, 0.2) is 0 Å². The molecule has 2 aromatic rings.